The Kier molecular flexibility index (Phi) is 6.60. The molecule has 3 heteroatoms. The lowest BCUT2D eigenvalue weighted by Crippen LogP contribution is -2.25. The van der Waals surface area contributed by atoms with Crippen LogP contribution < -0.4 is 5.32 Å². The maximum absolute atomic E-state index is 4.39. The smallest absolute Gasteiger partial charge is 0.0406 e. The van der Waals surface area contributed by atoms with E-state index in [1.807, 2.05) is 18.2 Å². The number of allylic oxidation sites excluding steroid dienone is 6. The molecule has 170 valence electrons. The third kappa shape index (κ3) is 4.98. The molecule has 1 N–H and O–H groups in total. The van der Waals surface area contributed by atoms with Crippen molar-refractivity contribution in [1.29, 1.82) is 0 Å². The monoisotopic (exact) mass is 437 g/mol. The summed E-state index contributed by atoms with van der Waals surface area (Å²) >= 11 is 0. The minimum Gasteiger partial charge on any atom is -0.356 e. The highest BCUT2D eigenvalue weighted by Gasteiger charge is 2.32. The molecule has 0 aromatic heterocycles. The Morgan fingerprint density at radius 2 is 1.73 bits per heavy atom. The van der Waals surface area contributed by atoms with Crippen LogP contribution in [0, 0.1) is 5.92 Å². The van der Waals surface area contributed by atoms with Gasteiger partial charge < -0.3 is 15.1 Å². The number of benzene rings is 2. The number of hydrogen-bond donors (Lipinski definition) is 1. The molecule has 2 aliphatic rings. The summed E-state index contributed by atoms with van der Waals surface area (Å²) in [6.07, 6.45) is 7.17. The Bertz CT molecular complexity index is 1130. The van der Waals surface area contributed by atoms with Crippen LogP contribution in [0.5, 0.6) is 0 Å². The first-order chi connectivity index (χ1) is 15.9. The second kappa shape index (κ2) is 9.58. The number of anilines is 2. The molecule has 0 spiro atoms. The number of likely N-dealkylation sites (N-methyl/N-ethyl adjacent to an activating group) is 1. The number of hydrogen-bond acceptors (Lipinski definition) is 3. The average Bonchev–Trinajstić information content (AvgIpc) is 3.66. The number of nitrogens with zero attached hydrogens (tertiary/aromatic N) is 2. The molecule has 1 aliphatic carbocycles. The van der Waals surface area contributed by atoms with Gasteiger partial charge in [0.2, 0.25) is 0 Å². The number of para-hydroxylation sites is 1. The van der Waals surface area contributed by atoms with E-state index in [0.717, 1.165) is 34.9 Å². The standard InChI is InChI=1S/C30H35N3/c1-7-33-22(3)20-30(26-13-14-26)29(24(33)5)19-21(2)32(6)23(4)25-15-17-28(18-16-25)31-27-11-9-8-10-12-27/h8-12,15-20,26,31H,3-4,7,13-14H2,1-2,5-6H3/b21-19+. The fourth-order valence-corrected chi connectivity index (χ4v) is 4.41. The average molecular weight is 438 g/mol. The van der Waals surface area contributed by atoms with Crippen molar-refractivity contribution in [2.75, 3.05) is 18.9 Å². The predicted molar refractivity (Wildman–Crippen MR) is 142 cm³/mol. The fourth-order valence-electron chi connectivity index (χ4n) is 4.41. The van der Waals surface area contributed by atoms with Crippen LogP contribution in [0.4, 0.5) is 11.4 Å². The minimum atomic E-state index is 0.674. The van der Waals surface area contributed by atoms with Crippen LogP contribution in [0.2, 0.25) is 0 Å². The summed E-state index contributed by atoms with van der Waals surface area (Å²) in [5.74, 6) is 0.674. The van der Waals surface area contributed by atoms with Gasteiger partial charge >= 0.3 is 0 Å². The zero-order valence-corrected chi connectivity index (χ0v) is 20.4. The van der Waals surface area contributed by atoms with Crippen LogP contribution >= 0.6 is 0 Å². The van der Waals surface area contributed by atoms with Gasteiger partial charge in [-0.1, -0.05) is 43.5 Å². The number of nitrogens with one attached hydrogen (secondary N) is 1. The highest BCUT2D eigenvalue weighted by Crippen LogP contribution is 2.45. The van der Waals surface area contributed by atoms with Gasteiger partial charge in [-0.2, -0.15) is 0 Å². The second-order valence-corrected chi connectivity index (χ2v) is 8.97. The first kappa shape index (κ1) is 22.7. The van der Waals surface area contributed by atoms with E-state index < -0.39 is 0 Å². The molecular weight excluding hydrogens is 402 g/mol. The van der Waals surface area contributed by atoms with Gasteiger partial charge in [0.1, 0.15) is 0 Å². The predicted octanol–water partition coefficient (Wildman–Crippen LogP) is 7.70. The van der Waals surface area contributed by atoms with Gasteiger partial charge in [-0.25, -0.2) is 0 Å². The van der Waals surface area contributed by atoms with Gasteiger partial charge in [-0.05, 0) is 92.7 Å². The Morgan fingerprint density at radius 3 is 2.33 bits per heavy atom. The molecule has 0 amide bonds. The summed E-state index contributed by atoms with van der Waals surface area (Å²) in [5, 5.41) is 3.44. The summed E-state index contributed by atoms with van der Waals surface area (Å²) in [6.45, 7) is 16.2. The number of rotatable bonds is 8. The summed E-state index contributed by atoms with van der Waals surface area (Å²) < 4.78 is 0. The van der Waals surface area contributed by atoms with E-state index in [9.17, 15) is 0 Å². The zero-order valence-electron chi connectivity index (χ0n) is 20.4. The molecule has 1 saturated carbocycles. The van der Waals surface area contributed by atoms with Crippen molar-refractivity contribution in [3.05, 3.63) is 114 Å². The van der Waals surface area contributed by atoms with E-state index in [1.54, 1.807) is 0 Å². The van der Waals surface area contributed by atoms with Gasteiger partial charge in [0, 0.05) is 47.8 Å². The van der Waals surface area contributed by atoms with Crippen LogP contribution in [-0.2, 0) is 0 Å². The second-order valence-electron chi connectivity index (χ2n) is 8.97. The van der Waals surface area contributed by atoms with Crippen molar-refractivity contribution < 1.29 is 0 Å². The van der Waals surface area contributed by atoms with Crippen LogP contribution in [0.15, 0.2) is 108 Å². The molecule has 0 unspecified atom stereocenters. The quantitative estimate of drug-likeness (QED) is 0.456. The lowest BCUT2D eigenvalue weighted by Gasteiger charge is -2.32. The first-order valence-electron chi connectivity index (χ1n) is 11.8. The van der Waals surface area contributed by atoms with E-state index in [4.69, 9.17) is 0 Å². The molecule has 2 aromatic carbocycles. The van der Waals surface area contributed by atoms with Crippen LogP contribution in [0.1, 0.15) is 39.2 Å². The maximum Gasteiger partial charge on any atom is 0.0406 e. The van der Waals surface area contributed by atoms with Crippen molar-refractivity contribution in [1.82, 2.24) is 9.80 Å². The first-order valence-corrected chi connectivity index (χ1v) is 11.8. The van der Waals surface area contributed by atoms with Crippen molar-refractivity contribution in [2.24, 2.45) is 5.92 Å². The Balaban J connectivity index is 1.52. The summed E-state index contributed by atoms with van der Waals surface area (Å²) in [7, 11) is 2.10. The van der Waals surface area contributed by atoms with Crippen LogP contribution in [0.3, 0.4) is 0 Å². The van der Waals surface area contributed by atoms with Gasteiger partial charge in [-0.15, -0.1) is 0 Å². The molecule has 0 radical (unpaired) electrons. The molecular formula is C30H35N3. The molecule has 1 heterocycles. The Morgan fingerprint density at radius 1 is 1.09 bits per heavy atom. The fraction of sp³-hybridized carbons (Fsp3) is 0.267. The molecule has 1 fully saturated rings. The highest BCUT2D eigenvalue weighted by molar-refractivity contribution is 5.68. The molecule has 33 heavy (non-hydrogen) atoms. The van der Waals surface area contributed by atoms with E-state index in [2.05, 4.69) is 105 Å². The highest BCUT2D eigenvalue weighted by atomic mass is 15.1. The summed E-state index contributed by atoms with van der Waals surface area (Å²) in [6, 6.07) is 18.7. The van der Waals surface area contributed by atoms with Gasteiger partial charge in [0.25, 0.3) is 0 Å². The van der Waals surface area contributed by atoms with Crippen molar-refractivity contribution in [3.63, 3.8) is 0 Å². The molecule has 0 saturated heterocycles. The Labute approximate surface area is 199 Å². The third-order valence-electron chi connectivity index (χ3n) is 6.68. The summed E-state index contributed by atoms with van der Waals surface area (Å²) in [4.78, 5) is 4.49. The molecule has 1 aliphatic heterocycles. The van der Waals surface area contributed by atoms with E-state index in [-0.39, 0.29) is 0 Å². The molecule has 0 atom stereocenters. The van der Waals surface area contributed by atoms with Gasteiger partial charge in [0.05, 0.1) is 0 Å². The zero-order chi connectivity index (χ0) is 23.5. The lowest BCUT2D eigenvalue weighted by atomic mass is 9.93. The molecule has 2 aromatic rings. The topological polar surface area (TPSA) is 18.5 Å². The van der Waals surface area contributed by atoms with E-state index >= 15 is 0 Å². The van der Waals surface area contributed by atoms with Crippen LogP contribution in [-0.4, -0.2) is 23.4 Å². The Hall–Kier alpha value is -3.46. The molecule has 4 rings (SSSR count). The molecule has 3 nitrogen and oxygen atoms in total. The van der Waals surface area contributed by atoms with Crippen LogP contribution in [0.25, 0.3) is 5.70 Å². The largest absolute Gasteiger partial charge is 0.356 e. The SMILES string of the molecule is C=C1C=C(C2CC2)C(/C=C(\C)N(C)C(=C)c2ccc(Nc3ccccc3)cc2)=C(C)N1CC. The lowest BCUT2D eigenvalue weighted by molar-refractivity contribution is 0.455. The van der Waals surface area contributed by atoms with Crippen molar-refractivity contribution >= 4 is 17.1 Å². The molecule has 0 bridgehead atoms. The van der Waals surface area contributed by atoms with E-state index in [0.29, 0.717) is 5.92 Å². The van der Waals surface area contributed by atoms with Crippen molar-refractivity contribution in [2.45, 2.75) is 33.6 Å². The third-order valence-corrected chi connectivity index (χ3v) is 6.68. The van der Waals surface area contributed by atoms with E-state index in [1.165, 1.54) is 35.4 Å². The van der Waals surface area contributed by atoms with Crippen molar-refractivity contribution in [3.8, 4) is 0 Å². The maximum atomic E-state index is 4.39. The minimum absolute atomic E-state index is 0.674. The van der Waals surface area contributed by atoms with Gasteiger partial charge in [-0.3, -0.25) is 0 Å². The normalized spacial score (nSPS) is 16.6. The van der Waals surface area contributed by atoms with Gasteiger partial charge in [0.15, 0.2) is 0 Å². The summed E-state index contributed by atoms with van der Waals surface area (Å²) in [5.41, 5.74) is 10.6.